The van der Waals surface area contributed by atoms with Crippen LogP contribution in [0.5, 0.6) is 0 Å². The van der Waals surface area contributed by atoms with Crippen molar-refractivity contribution in [2.75, 3.05) is 7.05 Å². The predicted molar refractivity (Wildman–Crippen MR) is 114 cm³/mol. The lowest BCUT2D eigenvalue weighted by atomic mass is 10.2. The second-order valence-electron chi connectivity index (χ2n) is 6.56. The molecule has 3 aromatic rings. The fourth-order valence-electron chi connectivity index (χ4n) is 2.98. The molecular weight excluding hydrogens is 370 g/mol. The highest BCUT2D eigenvalue weighted by atomic mass is 32.2. The summed E-state index contributed by atoms with van der Waals surface area (Å²) in [5, 5.41) is 0.712. The van der Waals surface area contributed by atoms with Gasteiger partial charge in [-0.3, -0.25) is 14.2 Å². The Morgan fingerprint density at radius 3 is 2.61 bits per heavy atom. The van der Waals surface area contributed by atoms with Crippen LogP contribution in [0.4, 0.5) is 0 Å². The summed E-state index contributed by atoms with van der Waals surface area (Å²) >= 11 is 1.30. The summed E-state index contributed by atoms with van der Waals surface area (Å²) in [6, 6.07) is 17.1. The molecule has 0 aliphatic carbocycles. The van der Waals surface area contributed by atoms with Crippen LogP contribution in [0.3, 0.4) is 0 Å². The van der Waals surface area contributed by atoms with E-state index < -0.39 is 0 Å². The summed E-state index contributed by atoms with van der Waals surface area (Å²) in [6.45, 7) is 6.46. The number of nitrogens with zero attached hydrogens (tertiary/aromatic N) is 3. The summed E-state index contributed by atoms with van der Waals surface area (Å²) in [5.41, 5.74) is 1.58. The summed E-state index contributed by atoms with van der Waals surface area (Å²) in [6.07, 6.45) is 1.66. The highest BCUT2D eigenvalue weighted by molar-refractivity contribution is 8.00. The normalized spacial score (nSPS) is 11.9. The molecule has 1 atom stereocenters. The Morgan fingerprint density at radius 2 is 1.89 bits per heavy atom. The molecule has 5 nitrogen and oxygen atoms in total. The molecule has 144 valence electrons. The van der Waals surface area contributed by atoms with Gasteiger partial charge in [0.1, 0.15) is 0 Å². The van der Waals surface area contributed by atoms with Crippen LogP contribution in [-0.4, -0.2) is 32.7 Å². The number of amides is 1. The molecule has 1 heterocycles. The molecule has 0 N–H and O–H groups in total. The van der Waals surface area contributed by atoms with Gasteiger partial charge >= 0.3 is 0 Å². The van der Waals surface area contributed by atoms with Crippen molar-refractivity contribution in [3.8, 4) is 0 Å². The third-order valence-corrected chi connectivity index (χ3v) is 5.48. The van der Waals surface area contributed by atoms with Gasteiger partial charge in [-0.05, 0) is 24.6 Å². The van der Waals surface area contributed by atoms with Gasteiger partial charge < -0.3 is 4.90 Å². The number of benzene rings is 2. The van der Waals surface area contributed by atoms with Crippen molar-refractivity contribution in [1.82, 2.24) is 14.5 Å². The molecule has 0 radical (unpaired) electrons. The molecule has 6 heteroatoms. The minimum Gasteiger partial charge on any atom is -0.340 e. The van der Waals surface area contributed by atoms with E-state index in [2.05, 4.69) is 11.6 Å². The Labute approximate surface area is 168 Å². The van der Waals surface area contributed by atoms with Gasteiger partial charge in [0, 0.05) is 20.1 Å². The van der Waals surface area contributed by atoms with Gasteiger partial charge in [0.2, 0.25) is 5.91 Å². The number of thioether (sulfide) groups is 1. The predicted octanol–water partition coefficient (Wildman–Crippen LogP) is 3.72. The summed E-state index contributed by atoms with van der Waals surface area (Å²) in [5.74, 6) is -0.0126. The second-order valence-corrected chi connectivity index (χ2v) is 7.86. The zero-order chi connectivity index (χ0) is 20.1. The van der Waals surface area contributed by atoms with E-state index in [0.717, 1.165) is 5.56 Å². The minimum absolute atomic E-state index is 0.0126. The molecule has 0 saturated heterocycles. The first-order valence-electron chi connectivity index (χ1n) is 9.07. The fraction of sp³-hybridized carbons (Fsp3) is 0.227. The average molecular weight is 394 g/mol. The number of carbonyl (C=O) groups excluding carboxylic acids is 1. The van der Waals surface area contributed by atoms with Gasteiger partial charge in [-0.1, -0.05) is 60.3 Å². The van der Waals surface area contributed by atoms with Crippen LogP contribution in [0.1, 0.15) is 12.5 Å². The van der Waals surface area contributed by atoms with Crippen LogP contribution < -0.4 is 5.56 Å². The Balaban J connectivity index is 1.84. The average Bonchev–Trinajstić information content (AvgIpc) is 2.71. The Bertz CT molecular complexity index is 1050. The van der Waals surface area contributed by atoms with Crippen LogP contribution >= 0.6 is 11.8 Å². The molecule has 0 spiro atoms. The molecule has 1 amide bonds. The first-order chi connectivity index (χ1) is 13.5. The number of hydrogen-bond donors (Lipinski definition) is 0. The topological polar surface area (TPSA) is 55.2 Å². The summed E-state index contributed by atoms with van der Waals surface area (Å²) in [4.78, 5) is 32.0. The van der Waals surface area contributed by atoms with Crippen LogP contribution in [0, 0.1) is 0 Å². The van der Waals surface area contributed by atoms with E-state index >= 15 is 0 Å². The van der Waals surface area contributed by atoms with E-state index in [1.165, 1.54) is 11.8 Å². The van der Waals surface area contributed by atoms with Crippen LogP contribution in [0.2, 0.25) is 0 Å². The van der Waals surface area contributed by atoms with E-state index in [1.54, 1.807) is 28.7 Å². The van der Waals surface area contributed by atoms with Crippen molar-refractivity contribution >= 4 is 28.6 Å². The van der Waals surface area contributed by atoms with Gasteiger partial charge in [-0.25, -0.2) is 4.98 Å². The molecule has 0 aliphatic heterocycles. The Morgan fingerprint density at radius 1 is 1.21 bits per heavy atom. The maximum Gasteiger partial charge on any atom is 0.262 e. The number of fused-ring (bicyclic) bond motifs is 1. The zero-order valence-corrected chi connectivity index (χ0v) is 16.9. The minimum atomic E-state index is -0.377. The molecule has 1 unspecified atom stereocenters. The van der Waals surface area contributed by atoms with Gasteiger partial charge in [0.25, 0.3) is 5.56 Å². The van der Waals surface area contributed by atoms with E-state index in [-0.39, 0.29) is 16.7 Å². The van der Waals surface area contributed by atoms with Crippen LogP contribution in [0.25, 0.3) is 10.9 Å². The number of para-hydroxylation sites is 1. The molecule has 3 rings (SSSR count). The lowest BCUT2D eigenvalue weighted by Crippen LogP contribution is -2.33. The summed E-state index contributed by atoms with van der Waals surface area (Å²) in [7, 11) is 1.79. The Kier molecular flexibility index (Phi) is 6.31. The molecule has 28 heavy (non-hydrogen) atoms. The number of rotatable bonds is 7. The fourth-order valence-corrected chi connectivity index (χ4v) is 4.01. The van der Waals surface area contributed by atoms with Crippen LogP contribution in [0.15, 0.2) is 77.2 Å². The lowest BCUT2D eigenvalue weighted by molar-refractivity contribution is -0.129. The first kappa shape index (κ1) is 19.9. The third kappa shape index (κ3) is 4.34. The largest absolute Gasteiger partial charge is 0.340 e. The molecule has 1 aromatic heterocycles. The number of allylic oxidation sites excluding steroid dienone is 1. The van der Waals surface area contributed by atoms with E-state index in [9.17, 15) is 9.59 Å². The molecular formula is C22H23N3O2S. The SMILES string of the molecule is C=CCn1c(SC(C)C(=O)N(C)Cc2ccccc2)nc2ccccc2c1=O. The van der Waals surface area contributed by atoms with Crippen molar-refractivity contribution < 1.29 is 4.79 Å². The van der Waals surface area contributed by atoms with E-state index in [1.807, 2.05) is 55.5 Å². The highest BCUT2D eigenvalue weighted by Gasteiger charge is 2.22. The van der Waals surface area contributed by atoms with Gasteiger partial charge in [-0.15, -0.1) is 6.58 Å². The quantitative estimate of drug-likeness (QED) is 0.349. The number of hydrogen-bond acceptors (Lipinski definition) is 4. The van der Waals surface area contributed by atoms with Crippen molar-refractivity contribution in [3.05, 3.63) is 83.2 Å². The van der Waals surface area contributed by atoms with E-state index in [4.69, 9.17) is 0 Å². The second kappa shape index (κ2) is 8.89. The monoisotopic (exact) mass is 393 g/mol. The van der Waals surface area contributed by atoms with Crippen LogP contribution in [-0.2, 0) is 17.9 Å². The van der Waals surface area contributed by atoms with Crippen molar-refractivity contribution in [2.45, 2.75) is 30.4 Å². The maximum absolute atomic E-state index is 12.8. The molecule has 0 bridgehead atoms. The van der Waals surface area contributed by atoms with Crippen molar-refractivity contribution in [3.63, 3.8) is 0 Å². The lowest BCUT2D eigenvalue weighted by Gasteiger charge is -2.22. The molecule has 0 aliphatic rings. The van der Waals surface area contributed by atoms with Gasteiger partial charge in [0.05, 0.1) is 16.2 Å². The zero-order valence-electron chi connectivity index (χ0n) is 16.0. The standard InChI is InChI=1S/C22H23N3O2S/c1-4-14-25-21(27)18-12-8-9-13-19(18)23-22(25)28-16(2)20(26)24(3)15-17-10-6-5-7-11-17/h4-13,16H,1,14-15H2,2-3H3. The third-order valence-electron chi connectivity index (χ3n) is 4.41. The molecule has 0 saturated carbocycles. The molecule has 2 aromatic carbocycles. The highest BCUT2D eigenvalue weighted by Crippen LogP contribution is 2.24. The van der Waals surface area contributed by atoms with Gasteiger partial charge in [0.15, 0.2) is 5.16 Å². The summed E-state index contributed by atoms with van der Waals surface area (Å²) < 4.78 is 1.57. The van der Waals surface area contributed by atoms with Gasteiger partial charge in [-0.2, -0.15) is 0 Å². The van der Waals surface area contributed by atoms with E-state index in [0.29, 0.717) is 29.1 Å². The maximum atomic E-state index is 12.8. The number of aromatic nitrogens is 2. The number of carbonyl (C=O) groups is 1. The molecule has 0 fully saturated rings. The van der Waals surface area contributed by atoms with Crippen molar-refractivity contribution in [1.29, 1.82) is 0 Å². The Hall–Kier alpha value is -2.86. The smallest absolute Gasteiger partial charge is 0.262 e. The first-order valence-corrected chi connectivity index (χ1v) is 9.95. The van der Waals surface area contributed by atoms with Crippen molar-refractivity contribution in [2.24, 2.45) is 0 Å².